The van der Waals surface area contributed by atoms with Gasteiger partial charge in [0.15, 0.2) is 0 Å². The van der Waals surface area contributed by atoms with Crippen LogP contribution in [-0.4, -0.2) is 12.1 Å². The minimum absolute atomic E-state index is 0.414. The number of pyridine rings is 1. The van der Waals surface area contributed by atoms with E-state index in [0.717, 1.165) is 22.8 Å². The van der Waals surface area contributed by atoms with Crippen LogP contribution in [0.15, 0.2) is 42.6 Å². The fraction of sp³-hybridized carbons (Fsp3) is 0.214. The van der Waals surface area contributed by atoms with Crippen LogP contribution in [0.3, 0.4) is 0 Å². The lowest BCUT2D eigenvalue weighted by molar-refractivity contribution is 0.302. The second-order valence-electron chi connectivity index (χ2n) is 3.78. The minimum Gasteiger partial charge on any atom is -0.497 e. The molecule has 4 heteroatoms. The van der Waals surface area contributed by atoms with Gasteiger partial charge in [-0.15, -0.1) is 0 Å². The summed E-state index contributed by atoms with van der Waals surface area (Å²) in [5, 5.41) is 0. The molecule has 2 N–H and O–H groups in total. The summed E-state index contributed by atoms with van der Waals surface area (Å²) in [7, 11) is 1.63. The monoisotopic (exact) mass is 244 g/mol. The van der Waals surface area contributed by atoms with E-state index < -0.39 is 0 Å². The van der Waals surface area contributed by atoms with E-state index in [0.29, 0.717) is 13.2 Å². The fourth-order valence-corrected chi connectivity index (χ4v) is 1.64. The van der Waals surface area contributed by atoms with Gasteiger partial charge in [0.1, 0.15) is 18.1 Å². The van der Waals surface area contributed by atoms with Crippen molar-refractivity contribution in [1.29, 1.82) is 0 Å². The normalized spacial score (nSPS) is 10.1. The number of hydrogen-bond acceptors (Lipinski definition) is 4. The van der Waals surface area contributed by atoms with E-state index in [1.54, 1.807) is 13.3 Å². The van der Waals surface area contributed by atoms with Gasteiger partial charge in [0, 0.05) is 24.4 Å². The minimum atomic E-state index is 0.414. The van der Waals surface area contributed by atoms with Gasteiger partial charge >= 0.3 is 0 Å². The maximum atomic E-state index is 5.70. The molecular weight excluding hydrogens is 228 g/mol. The van der Waals surface area contributed by atoms with Crippen LogP contribution in [0.1, 0.15) is 11.3 Å². The molecule has 1 aromatic carbocycles. The highest BCUT2D eigenvalue weighted by atomic mass is 16.5. The van der Waals surface area contributed by atoms with Crippen molar-refractivity contribution in [3.05, 3.63) is 53.9 Å². The third-order valence-electron chi connectivity index (χ3n) is 2.61. The van der Waals surface area contributed by atoms with Gasteiger partial charge in [0.25, 0.3) is 0 Å². The van der Waals surface area contributed by atoms with Crippen molar-refractivity contribution >= 4 is 0 Å². The maximum absolute atomic E-state index is 5.70. The largest absolute Gasteiger partial charge is 0.497 e. The van der Waals surface area contributed by atoms with E-state index in [1.807, 2.05) is 36.4 Å². The van der Waals surface area contributed by atoms with Crippen LogP contribution in [0.4, 0.5) is 0 Å². The molecule has 2 aromatic rings. The molecule has 4 nitrogen and oxygen atoms in total. The van der Waals surface area contributed by atoms with Crippen LogP contribution < -0.4 is 15.2 Å². The average Bonchev–Trinajstić information content (AvgIpc) is 2.45. The van der Waals surface area contributed by atoms with Crippen LogP contribution in [0.25, 0.3) is 0 Å². The summed E-state index contributed by atoms with van der Waals surface area (Å²) < 4.78 is 10.8. The Morgan fingerprint density at radius 1 is 1.17 bits per heavy atom. The predicted octanol–water partition coefficient (Wildman–Crippen LogP) is 2.13. The summed E-state index contributed by atoms with van der Waals surface area (Å²) >= 11 is 0. The fourth-order valence-electron chi connectivity index (χ4n) is 1.64. The third kappa shape index (κ3) is 2.99. The lowest BCUT2D eigenvalue weighted by atomic mass is 10.2. The number of hydrogen-bond donors (Lipinski definition) is 1. The third-order valence-corrected chi connectivity index (χ3v) is 2.61. The molecule has 0 aliphatic carbocycles. The first kappa shape index (κ1) is 12.4. The zero-order valence-corrected chi connectivity index (χ0v) is 10.3. The quantitative estimate of drug-likeness (QED) is 0.875. The molecule has 2 rings (SSSR count). The second kappa shape index (κ2) is 6.02. The lowest BCUT2D eigenvalue weighted by Crippen LogP contribution is -2.06. The summed E-state index contributed by atoms with van der Waals surface area (Å²) in [6.45, 7) is 0.866. The van der Waals surface area contributed by atoms with Crippen LogP contribution in [0.5, 0.6) is 11.5 Å². The Bertz CT molecular complexity index is 515. The molecule has 0 radical (unpaired) electrons. The van der Waals surface area contributed by atoms with Gasteiger partial charge in [-0.3, -0.25) is 4.98 Å². The van der Waals surface area contributed by atoms with Gasteiger partial charge in [-0.25, -0.2) is 0 Å². The first-order valence-corrected chi connectivity index (χ1v) is 5.73. The Labute approximate surface area is 106 Å². The van der Waals surface area contributed by atoms with Gasteiger partial charge < -0.3 is 15.2 Å². The Morgan fingerprint density at radius 3 is 2.78 bits per heavy atom. The zero-order chi connectivity index (χ0) is 12.8. The van der Waals surface area contributed by atoms with Gasteiger partial charge in [-0.05, 0) is 18.2 Å². The summed E-state index contributed by atoms with van der Waals surface area (Å²) in [6, 6.07) is 11.3. The molecule has 0 spiro atoms. The molecule has 0 fully saturated rings. The lowest BCUT2D eigenvalue weighted by Gasteiger charge is -2.09. The van der Waals surface area contributed by atoms with Crippen molar-refractivity contribution in [1.82, 2.24) is 4.98 Å². The molecule has 0 atom stereocenters. The maximum Gasteiger partial charge on any atom is 0.123 e. The zero-order valence-electron chi connectivity index (χ0n) is 10.3. The summed E-state index contributed by atoms with van der Waals surface area (Å²) in [6.07, 6.45) is 1.73. The van der Waals surface area contributed by atoms with Crippen LogP contribution >= 0.6 is 0 Å². The first-order chi connectivity index (χ1) is 8.83. The van der Waals surface area contributed by atoms with Crippen LogP contribution in [-0.2, 0) is 13.2 Å². The van der Waals surface area contributed by atoms with E-state index in [2.05, 4.69) is 4.98 Å². The molecule has 0 aliphatic rings. The van der Waals surface area contributed by atoms with Gasteiger partial charge in [0.2, 0.25) is 0 Å². The molecule has 0 bridgehead atoms. The Kier molecular flexibility index (Phi) is 4.15. The van der Waals surface area contributed by atoms with Crippen molar-refractivity contribution < 1.29 is 9.47 Å². The number of methoxy groups -OCH3 is 1. The van der Waals surface area contributed by atoms with Gasteiger partial charge in [0.05, 0.1) is 12.8 Å². The molecule has 0 amide bonds. The Morgan fingerprint density at radius 2 is 2.00 bits per heavy atom. The highest BCUT2D eigenvalue weighted by molar-refractivity contribution is 5.33. The Balaban J connectivity index is 2.06. The molecule has 0 aliphatic heterocycles. The average molecular weight is 244 g/mol. The smallest absolute Gasteiger partial charge is 0.123 e. The topological polar surface area (TPSA) is 57.4 Å². The molecule has 18 heavy (non-hydrogen) atoms. The molecule has 94 valence electrons. The van der Waals surface area contributed by atoms with E-state index in [4.69, 9.17) is 15.2 Å². The Hall–Kier alpha value is -2.07. The molecule has 0 saturated heterocycles. The number of benzene rings is 1. The SMILES string of the molecule is COc1cccc(OCc2cccnc2CN)c1. The summed E-state index contributed by atoms with van der Waals surface area (Å²) in [5.74, 6) is 1.54. The molecule has 0 saturated carbocycles. The highest BCUT2D eigenvalue weighted by Gasteiger charge is 2.03. The number of rotatable bonds is 5. The van der Waals surface area contributed by atoms with Gasteiger partial charge in [-0.1, -0.05) is 12.1 Å². The predicted molar refractivity (Wildman–Crippen MR) is 69.5 cm³/mol. The molecule has 0 unspecified atom stereocenters. The summed E-state index contributed by atoms with van der Waals surface area (Å²) in [4.78, 5) is 4.21. The van der Waals surface area contributed by atoms with E-state index in [9.17, 15) is 0 Å². The molecular formula is C14H16N2O2. The van der Waals surface area contributed by atoms with Crippen molar-refractivity contribution in [2.24, 2.45) is 5.73 Å². The number of nitrogens with zero attached hydrogens (tertiary/aromatic N) is 1. The van der Waals surface area contributed by atoms with Gasteiger partial charge in [-0.2, -0.15) is 0 Å². The second-order valence-corrected chi connectivity index (χ2v) is 3.78. The van der Waals surface area contributed by atoms with Crippen molar-refractivity contribution in [2.45, 2.75) is 13.2 Å². The van der Waals surface area contributed by atoms with Crippen LogP contribution in [0, 0.1) is 0 Å². The van der Waals surface area contributed by atoms with Crippen molar-refractivity contribution in [3.63, 3.8) is 0 Å². The van der Waals surface area contributed by atoms with E-state index >= 15 is 0 Å². The number of aromatic nitrogens is 1. The molecule has 1 heterocycles. The van der Waals surface area contributed by atoms with E-state index in [-0.39, 0.29) is 0 Å². The summed E-state index contributed by atoms with van der Waals surface area (Å²) in [5.41, 5.74) is 7.49. The van der Waals surface area contributed by atoms with Crippen molar-refractivity contribution in [2.75, 3.05) is 7.11 Å². The number of ether oxygens (including phenoxy) is 2. The molecule has 1 aromatic heterocycles. The van der Waals surface area contributed by atoms with Crippen molar-refractivity contribution in [3.8, 4) is 11.5 Å². The highest BCUT2D eigenvalue weighted by Crippen LogP contribution is 2.20. The first-order valence-electron chi connectivity index (χ1n) is 5.73. The van der Waals surface area contributed by atoms with Crippen LogP contribution in [0.2, 0.25) is 0 Å². The van der Waals surface area contributed by atoms with E-state index in [1.165, 1.54) is 0 Å². The number of nitrogens with two attached hydrogens (primary N) is 1. The standard InChI is InChI=1S/C14H16N2O2/c1-17-12-5-2-6-13(8-12)18-10-11-4-3-7-16-14(11)9-15/h2-8H,9-10,15H2,1H3.